The first-order valence-electron chi connectivity index (χ1n) is 8.45. The zero-order chi connectivity index (χ0) is 21.2. The molecule has 0 fully saturated rings. The maximum Gasteiger partial charge on any atom is 0.279 e. The fourth-order valence-corrected chi connectivity index (χ4v) is 3.97. The summed E-state index contributed by atoms with van der Waals surface area (Å²) in [5.41, 5.74) is 1.66. The van der Waals surface area contributed by atoms with Gasteiger partial charge in [-0.1, -0.05) is 13.0 Å². The first kappa shape index (κ1) is 20.0. The van der Waals surface area contributed by atoms with E-state index in [2.05, 4.69) is 10.2 Å². The minimum Gasteiger partial charge on any atom is -0.258 e. The summed E-state index contributed by atoms with van der Waals surface area (Å²) in [6, 6.07) is 8.97. The molecular formula is C18H16N6O4S. The monoisotopic (exact) mass is 412 g/mol. The van der Waals surface area contributed by atoms with Crippen molar-refractivity contribution >= 4 is 27.4 Å². The van der Waals surface area contributed by atoms with Crippen LogP contribution in [-0.4, -0.2) is 40.6 Å². The van der Waals surface area contributed by atoms with Gasteiger partial charge >= 0.3 is 0 Å². The number of aromatic nitrogens is 2. The van der Waals surface area contributed by atoms with Crippen molar-refractivity contribution in [3.63, 3.8) is 0 Å². The summed E-state index contributed by atoms with van der Waals surface area (Å²) in [7, 11) is -2.86. The van der Waals surface area contributed by atoms with Crippen LogP contribution in [0.1, 0.15) is 23.6 Å². The number of rotatable bonds is 6. The molecule has 29 heavy (non-hydrogen) atoms. The molecule has 0 saturated heterocycles. The molecule has 0 atom stereocenters. The van der Waals surface area contributed by atoms with Crippen LogP contribution in [0, 0.1) is 21.4 Å². The van der Waals surface area contributed by atoms with Gasteiger partial charge in [0.05, 0.1) is 39.4 Å². The van der Waals surface area contributed by atoms with E-state index < -0.39 is 14.9 Å². The first-order chi connectivity index (χ1) is 13.8. The summed E-state index contributed by atoms with van der Waals surface area (Å²) in [5.74, 6) is 0. The van der Waals surface area contributed by atoms with Crippen LogP contribution in [0.15, 0.2) is 52.7 Å². The third kappa shape index (κ3) is 3.78. The van der Waals surface area contributed by atoms with Gasteiger partial charge in [-0.05, 0) is 24.1 Å². The number of non-ortho nitro benzene ring substituents is 1. The predicted octanol–water partition coefficient (Wildman–Crippen LogP) is 2.33. The topological polar surface area (TPSA) is 134 Å². The van der Waals surface area contributed by atoms with Gasteiger partial charge in [-0.2, -0.15) is 28.3 Å². The highest BCUT2D eigenvalue weighted by Gasteiger charge is 2.25. The smallest absolute Gasteiger partial charge is 0.258 e. The molecule has 3 aromatic rings. The second kappa shape index (κ2) is 7.69. The Balaban J connectivity index is 1.98. The van der Waals surface area contributed by atoms with Gasteiger partial charge < -0.3 is 0 Å². The van der Waals surface area contributed by atoms with E-state index in [9.17, 15) is 18.5 Å². The van der Waals surface area contributed by atoms with Crippen LogP contribution in [0.2, 0.25) is 0 Å². The largest absolute Gasteiger partial charge is 0.279 e. The van der Waals surface area contributed by atoms with Crippen LogP contribution in [0.3, 0.4) is 0 Å². The summed E-state index contributed by atoms with van der Waals surface area (Å²) in [5, 5.41) is 28.2. The summed E-state index contributed by atoms with van der Waals surface area (Å²) >= 11 is 0. The minimum absolute atomic E-state index is 0.166. The molecule has 0 bridgehead atoms. The van der Waals surface area contributed by atoms with Crippen LogP contribution >= 0.6 is 0 Å². The Bertz CT molecular complexity index is 1270. The summed E-state index contributed by atoms with van der Waals surface area (Å²) < 4.78 is 28.2. The van der Waals surface area contributed by atoms with E-state index in [-0.39, 0.29) is 10.6 Å². The van der Waals surface area contributed by atoms with Crippen molar-refractivity contribution in [2.75, 3.05) is 7.05 Å². The maximum atomic E-state index is 12.9. The number of hydrogen-bond acceptors (Lipinski definition) is 7. The minimum atomic E-state index is -4.11. The normalized spacial score (nSPS) is 11.6. The molecule has 0 aliphatic heterocycles. The number of hydrogen-bond donors (Lipinski definition) is 0. The molecule has 2 aromatic heterocycles. The van der Waals surface area contributed by atoms with E-state index in [1.165, 1.54) is 36.1 Å². The SMILES string of the molecule is CCc1ccc([N+](=O)[O-])cc1S(=O)(=O)N(C)/N=C/c1cnn2ccc(C#N)cc12. The van der Waals surface area contributed by atoms with Crippen LogP contribution in [0.25, 0.3) is 5.52 Å². The molecule has 10 nitrogen and oxygen atoms in total. The third-order valence-corrected chi connectivity index (χ3v) is 6.03. The van der Waals surface area contributed by atoms with E-state index in [1.807, 2.05) is 6.07 Å². The Labute approximate surface area is 166 Å². The fraction of sp³-hybridized carbons (Fsp3) is 0.167. The molecule has 0 N–H and O–H groups in total. The molecule has 2 heterocycles. The second-order valence-corrected chi connectivity index (χ2v) is 7.96. The lowest BCUT2D eigenvalue weighted by molar-refractivity contribution is -0.385. The molecule has 0 saturated carbocycles. The molecule has 0 spiro atoms. The highest BCUT2D eigenvalue weighted by molar-refractivity contribution is 7.89. The Morgan fingerprint density at radius 3 is 2.79 bits per heavy atom. The summed E-state index contributed by atoms with van der Waals surface area (Å²) in [4.78, 5) is 10.2. The van der Waals surface area contributed by atoms with E-state index >= 15 is 0 Å². The quantitative estimate of drug-likeness (QED) is 0.346. The van der Waals surface area contributed by atoms with Crippen LogP contribution < -0.4 is 0 Å². The molecule has 11 heteroatoms. The number of aryl methyl sites for hydroxylation is 1. The fourth-order valence-electron chi connectivity index (χ4n) is 2.71. The van der Waals surface area contributed by atoms with Gasteiger partial charge in [-0.25, -0.2) is 4.52 Å². The van der Waals surface area contributed by atoms with Gasteiger partial charge in [0.15, 0.2) is 0 Å². The van der Waals surface area contributed by atoms with E-state index in [4.69, 9.17) is 5.26 Å². The molecule has 0 radical (unpaired) electrons. The number of hydrazone groups is 1. The zero-order valence-corrected chi connectivity index (χ0v) is 16.4. The average Bonchev–Trinajstić information content (AvgIpc) is 3.13. The number of nitriles is 1. The molecule has 0 aliphatic rings. The van der Waals surface area contributed by atoms with Crippen LogP contribution in [0.4, 0.5) is 5.69 Å². The molecule has 0 amide bonds. The Morgan fingerprint density at radius 2 is 2.14 bits per heavy atom. The van der Waals surface area contributed by atoms with E-state index in [1.54, 1.807) is 25.3 Å². The molecular weight excluding hydrogens is 396 g/mol. The van der Waals surface area contributed by atoms with Gasteiger partial charge in [0.2, 0.25) is 0 Å². The van der Waals surface area contributed by atoms with Crippen LogP contribution in [-0.2, 0) is 16.4 Å². The maximum absolute atomic E-state index is 12.9. The third-order valence-electron chi connectivity index (χ3n) is 4.31. The standard InChI is InChI=1S/C18H16N6O4S/c1-3-14-4-5-16(24(25)26)9-18(14)29(27,28)22(2)20-11-15-12-21-23-7-6-13(10-19)8-17(15)23/h4-9,11-12H,3H2,1-2H3/b20-11+. The van der Waals surface area contributed by atoms with E-state index in [0.29, 0.717) is 28.6 Å². The Kier molecular flexibility index (Phi) is 5.29. The highest BCUT2D eigenvalue weighted by Crippen LogP contribution is 2.25. The number of sulfonamides is 1. The summed E-state index contributed by atoms with van der Waals surface area (Å²) in [6.45, 7) is 1.76. The number of nitro benzene ring substituents is 1. The second-order valence-electron chi connectivity index (χ2n) is 6.04. The molecule has 1 aromatic carbocycles. The van der Waals surface area contributed by atoms with Crippen molar-refractivity contribution in [1.29, 1.82) is 5.26 Å². The number of fused-ring (bicyclic) bond motifs is 1. The zero-order valence-electron chi connectivity index (χ0n) is 15.6. The van der Waals surface area contributed by atoms with Crippen molar-refractivity contribution < 1.29 is 13.3 Å². The molecule has 148 valence electrons. The Morgan fingerprint density at radius 1 is 1.38 bits per heavy atom. The summed E-state index contributed by atoms with van der Waals surface area (Å²) in [6.07, 6.45) is 4.80. The number of benzene rings is 1. The van der Waals surface area contributed by atoms with Crippen molar-refractivity contribution in [2.24, 2.45) is 5.10 Å². The van der Waals surface area contributed by atoms with Gasteiger partial charge in [0.25, 0.3) is 15.7 Å². The number of nitro groups is 1. The van der Waals surface area contributed by atoms with Crippen molar-refractivity contribution in [2.45, 2.75) is 18.2 Å². The van der Waals surface area contributed by atoms with Gasteiger partial charge in [-0.3, -0.25) is 10.1 Å². The predicted molar refractivity (Wildman–Crippen MR) is 105 cm³/mol. The van der Waals surface area contributed by atoms with Crippen molar-refractivity contribution in [3.8, 4) is 6.07 Å². The van der Waals surface area contributed by atoms with Gasteiger partial charge in [0, 0.05) is 30.9 Å². The number of pyridine rings is 1. The number of nitrogens with zero attached hydrogens (tertiary/aromatic N) is 6. The average molecular weight is 412 g/mol. The van der Waals surface area contributed by atoms with E-state index in [0.717, 1.165) is 10.5 Å². The Hall–Kier alpha value is -3.78. The van der Waals surface area contributed by atoms with Gasteiger partial charge in [-0.15, -0.1) is 0 Å². The van der Waals surface area contributed by atoms with Gasteiger partial charge in [0.1, 0.15) is 0 Å². The lowest BCUT2D eigenvalue weighted by Gasteiger charge is -2.15. The highest BCUT2D eigenvalue weighted by atomic mass is 32.2. The molecule has 3 rings (SSSR count). The lowest BCUT2D eigenvalue weighted by Crippen LogP contribution is -2.23. The molecule has 0 unspecified atom stereocenters. The molecule has 0 aliphatic carbocycles. The van der Waals surface area contributed by atoms with Crippen molar-refractivity contribution in [1.82, 2.24) is 14.0 Å². The van der Waals surface area contributed by atoms with Crippen molar-refractivity contribution in [3.05, 3.63) is 69.5 Å². The first-order valence-corrected chi connectivity index (χ1v) is 9.89. The van der Waals surface area contributed by atoms with Crippen LogP contribution in [0.5, 0.6) is 0 Å². The lowest BCUT2D eigenvalue weighted by atomic mass is 10.1.